The molecule has 2 heterocycles. The molecule has 7 heteroatoms. The maximum Gasteiger partial charge on any atom is 0.235 e. The summed E-state index contributed by atoms with van der Waals surface area (Å²) < 4.78 is 0. The first-order chi connectivity index (χ1) is 13.4. The van der Waals surface area contributed by atoms with Gasteiger partial charge < -0.3 is 10.2 Å². The lowest BCUT2D eigenvalue weighted by Crippen LogP contribution is -2.46. The molecular weight excluding hydrogens is 394 g/mol. The van der Waals surface area contributed by atoms with Crippen molar-refractivity contribution in [1.29, 1.82) is 0 Å². The second kappa shape index (κ2) is 9.43. The van der Waals surface area contributed by atoms with Gasteiger partial charge in [0.05, 0.1) is 16.2 Å². The van der Waals surface area contributed by atoms with E-state index in [-0.39, 0.29) is 23.0 Å². The maximum absolute atomic E-state index is 12.9. The van der Waals surface area contributed by atoms with Crippen LogP contribution in [-0.2, 0) is 9.59 Å². The van der Waals surface area contributed by atoms with Crippen LogP contribution >= 0.6 is 23.4 Å². The fraction of sp³-hybridized carbons (Fsp3) is 0.381. The van der Waals surface area contributed by atoms with Crippen molar-refractivity contribution < 1.29 is 9.59 Å². The number of amides is 2. The number of halogens is 1. The average molecular weight is 418 g/mol. The molecule has 2 aromatic rings. The summed E-state index contributed by atoms with van der Waals surface area (Å²) in [6.45, 7) is 4.95. The smallest absolute Gasteiger partial charge is 0.235 e. The number of likely N-dealkylation sites (tertiary alicyclic amines) is 1. The molecular formula is C21H24ClN3O2S. The molecule has 1 aromatic carbocycles. The normalized spacial score (nSPS) is 17.8. The monoisotopic (exact) mass is 417 g/mol. The number of benzene rings is 1. The minimum Gasteiger partial charge on any atom is -0.341 e. The third-order valence-electron chi connectivity index (χ3n) is 4.75. The van der Waals surface area contributed by atoms with Crippen molar-refractivity contribution in [1.82, 2.24) is 9.88 Å². The van der Waals surface area contributed by atoms with Crippen molar-refractivity contribution in [3.8, 4) is 0 Å². The van der Waals surface area contributed by atoms with Gasteiger partial charge >= 0.3 is 0 Å². The Morgan fingerprint density at radius 2 is 2.07 bits per heavy atom. The number of aryl methyl sites for hydroxylation is 1. The van der Waals surface area contributed by atoms with Gasteiger partial charge in [0, 0.05) is 24.2 Å². The second-order valence-electron chi connectivity index (χ2n) is 7.02. The van der Waals surface area contributed by atoms with Gasteiger partial charge in [-0.1, -0.05) is 29.8 Å². The molecule has 1 aliphatic rings. The van der Waals surface area contributed by atoms with E-state index in [0.29, 0.717) is 23.9 Å². The van der Waals surface area contributed by atoms with Gasteiger partial charge in [0.1, 0.15) is 5.82 Å². The van der Waals surface area contributed by atoms with Crippen molar-refractivity contribution in [2.75, 3.05) is 18.4 Å². The molecule has 1 aliphatic heterocycles. The lowest BCUT2D eigenvalue weighted by atomic mass is 9.97. The summed E-state index contributed by atoms with van der Waals surface area (Å²) in [6.07, 6.45) is 3.31. The standard InChI is InChI=1S/C21H24ClN3O2S/c1-14-9-10-19(23-12-14)24-20(26)16-6-5-11-25(13-16)21(27)15(2)28-18-8-4-3-7-17(18)22/h3-4,7-10,12,15-16H,5-6,11,13H2,1-2H3,(H,23,24,26). The highest BCUT2D eigenvalue weighted by Crippen LogP contribution is 2.31. The first kappa shape index (κ1) is 20.7. The molecule has 0 bridgehead atoms. The van der Waals surface area contributed by atoms with Crippen LogP contribution in [0.5, 0.6) is 0 Å². The molecule has 2 amide bonds. The van der Waals surface area contributed by atoms with Crippen LogP contribution in [0.4, 0.5) is 5.82 Å². The molecule has 3 rings (SSSR count). The number of anilines is 1. The number of carbonyl (C=O) groups is 2. The Bertz CT molecular complexity index is 844. The Labute approximate surface area is 174 Å². The molecule has 0 radical (unpaired) electrons. The maximum atomic E-state index is 12.9. The molecule has 0 aliphatic carbocycles. The van der Waals surface area contributed by atoms with E-state index in [1.165, 1.54) is 11.8 Å². The van der Waals surface area contributed by atoms with Crippen molar-refractivity contribution in [3.63, 3.8) is 0 Å². The van der Waals surface area contributed by atoms with Gasteiger partial charge in [0.2, 0.25) is 11.8 Å². The lowest BCUT2D eigenvalue weighted by molar-refractivity contribution is -0.133. The summed E-state index contributed by atoms with van der Waals surface area (Å²) in [5.41, 5.74) is 1.04. The average Bonchev–Trinajstić information content (AvgIpc) is 2.71. The van der Waals surface area contributed by atoms with Crippen molar-refractivity contribution >= 4 is 41.0 Å². The van der Waals surface area contributed by atoms with Gasteiger partial charge in [0.15, 0.2) is 0 Å². The van der Waals surface area contributed by atoms with Gasteiger partial charge in [0.25, 0.3) is 0 Å². The van der Waals surface area contributed by atoms with Crippen LogP contribution in [0.2, 0.25) is 5.02 Å². The van der Waals surface area contributed by atoms with Crippen molar-refractivity contribution in [2.24, 2.45) is 5.92 Å². The van der Waals surface area contributed by atoms with E-state index in [1.807, 2.05) is 44.2 Å². The van der Waals surface area contributed by atoms with Gasteiger partial charge in [-0.3, -0.25) is 9.59 Å². The fourth-order valence-corrected chi connectivity index (χ4v) is 4.44. The first-order valence-corrected chi connectivity index (χ1v) is 10.6. The van der Waals surface area contributed by atoms with Crippen LogP contribution in [0.15, 0.2) is 47.5 Å². The quantitative estimate of drug-likeness (QED) is 0.732. The highest BCUT2D eigenvalue weighted by atomic mass is 35.5. The third kappa shape index (κ3) is 5.26. The zero-order valence-corrected chi connectivity index (χ0v) is 17.6. The van der Waals surface area contributed by atoms with E-state index in [9.17, 15) is 9.59 Å². The molecule has 148 valence electrons. The van der Waals surface area contributed by atoms with Crippen LogP contribution < -0.4 is 5.32 Å². The SMILES string of the molecule is Cc1ccc(NC(=O)C2CCCN(C(=O)C(C)Sc3ccccc3Cl)C2)nc1. The fourth-order valence-electron chi connectivity index (χ4n) is 3.20. The summed E-state index contributed by atoms with van der Waals surface area (Å²) in [5.74, 6) is 0.274. The summed E-state index contributed by atoms with van der Waals surface area (Å²) in [5, 5.41) is 3.25. The summed E-state index contributed by atoms with van der Waals surface area (Å²) in [6, 6.07) is 11.2. The highest BCUT2D eigenvalue weighted by Gasteiger charge is 2.31. The van der Waals surface area contributed by atoms with E-state index in [4.69, 9.17) is 11.6 Å². The number of carbonyl (C=O) groups excluding carboxylic acids is 2. The van der Waals surface area contributed by atoms with E-state index in [1.54, 1.807) is 17.2 Å². The number of aromatic nitrogens is 1. The lowest BCUT2D eigenvalue weighted by Gasteiger charge is -2.33. The van der Waals surface area contributed by atoms with Crippen molar-refractivity contribution in [3.05, 3.63) is 53.2 Å². The minimum absolute atomic E-state index is 0.0379. The van der Waals surface area contributed by atoms with Gasteiger partial charge in [-0.25, -0.2) is 4.98 Å². The molecule has 1 aromatic heterocycles. The van der Waals surface area contributed by atoms with Crippen LogP contribution in [-0.4, -0.2) is 40.0 Å². The number of hydrogen-bond acceptors (Lipinski definition) is 4. The molecule has 1 fully saturated rings. The van der Waals surface area contributed by atoms with Crippen LogP contribution in [0.3, 0.4) is 0 Å². The molecule has 2 unspecified atom stereocenters. The van der Waals surface area contributed by atoms with E-state index in [0.717, 1.165) is 23.3 Å². The van der Waals surface area contributed by atoms with E-state index < -0.39 is 0 Å². The van der Waals surface area contributed by atoms with E-state index >= 15 is 0 Å². The second-order valence-corrected chi connectivity index (χ2v) is 8.81. The molecule has 5 nitrogen and oxygen atoms in total. The topological polar surface area (TPSA) is 62.3 Å². The number of pyridine rings is 1. The number of hydrogen-bond donors (Lipinski definition) is 1. The highest BCUT2D eigenvalue weighted by molar-refractivity contribution is 8.00. The number of piperidine rings is 1. The van der Waals surface area contributed by atoms with Crippen molar-refractivity contribution in [2.45, 2.75) is 36.8 Å². The van der Waals surface area contributed by atoms with Crippen LogP contribution in [0.1, 0.15) is 25.3 Å². The largest absolute Gasteiger partial charge is 0.341 e. The molecule has 1 saturated heterocycles. The molecule has 2 atom stereocenters. The number of thioether (sulfide) groups is 1. The zero-order valence-electron chi connectivity index (χ0n) is 16.0. The molecule has 28 heavy (non-hydrogen) atoms. The predicted molar refractivity (Wildman–Crippen MR) is 114 cm³/mol. The Hall–Kier alpha value is -2.05. The minimum atomic E-state index is -0.263. The van der Waals surface area contributed by atoms with Crippen LogP contribution in [0, 0.1) is 12.8 Å². The molecule has 1 N–H and O–H groups in total. The Balaban J connectivity index is 1.58. The zero-order chi connectivity index (χ0) is 20.1. The summed E-state index contributed by atoms with van der Waals surface area (Å²) in [4.78, 5) is 32.4. The van der Waals surface area contributed by atoms with Gasteiger partial charge in [-0.05, 0) is 50.5 Å². The number of nitrogens with one attached hydrogen (secondary N) is 1. The Kier molecular flexibility index (Phi) is 6.97. The number of rotatable bonds is 5. The van der Waals surface area contributed by atoms with Gasteiger partial charge in [-0.15, -0.1) is 11.8 Å². The summed E-state index contributed by atoms with van der Waals surface area (Å²) in [7, 11) is 0. The third-order valence-corrected chi connectivity index (χ3v) is 6.36. The van der Waals surface area contributed by atoms with Gasteiger partial charge in [-0.2, -0.15) is 0 Å². The first-order valence-electron chi connectivity index (χ1n) is 9.37. The molecule has 0 spiro atoms. The number of nitrogens with zero attached hydrogens (tertiary/aromatic N) is 2. The molecule has 0 saturated carbocycles. The predicted octanol–water partition coefficient (Wildman–Crippen LogP) is 4.40. The summed E-state index contributed by atoms with van der Waals surface area (Å²) >= 11 is 7.66. The van der Waals surface area contributed by atoms with Crippen LogP contribution in [0.25, 0.3) is 0 Å². The van der Waals surface area contributed by atoms with E-state index in [2.05, 4.69) is 10.3 Å². The Morgan fingerprint density at radius 1 is 1.29 bits per heavy atom. The Morgan fingerprint density at radius 3 is 2.79 bits per heavy atom.